The molecular weight excluding hydrogens is 380 g/mol. The largest absolute Gasteiger partial charge is 0.465 e. The Morgan fingerprint density at radius 1 is 1.12 bits per heavy atom. The van der Waals surface area contributed by atoms with Crippen LogP contribution in [0.2, 0.25) is 0 Å². The fraction of sp³-hybridized carbons (Fsp3) is 0.238. The molecular formula is C21H19BrO3. The summed E-state index contributed by atoms with van der Waals surface area (Å²) >= 11 is 3.43. The van der Waals surface area contributed by atoms with Crippen molar-refractivity contribution in [3.05, 3.63) is 76.3 Å². The van der Waals surface area contributed by atoms with Crippen LogP contribution in [0, 0.1) is 5.92 Å². The Bertz CT molecular complexity index is 794. The monoisotopic (exact) mass is 398 g/mol. The molecule has 0 saturated carbocycles. The third-order valence-electron chi connectivity index (χ3n) is 4.45. The fourth-order valence-electron chi connectivity index (χ4n) is 3.26. The number of halogens is 1. The molecule has 0 fully saturated rings. The van der Waals surface area contributed by atoms with Gasteiger partial charge in [-0.3, -0.25) is 9.59 Å². The number of hydrogen-bond acceptors (Lipinski definition) is 3. The lowest BCUT2D eigenvalue weighted by atomic mass is 9.73. The number of benzene rings is 2. The molecule has 0 N–H and O–H groups in total. The molecule has 0 aliphatic heterocycles. The van der Waals surface area contributed by atoms with Gasteiger partial charge in [0.1, 0.15) is 5.92 Å². The van der Waals surface area contributed by atoms with Gasteiger partial charge >= 0.3 is 5.97 Å². The van der Waals surface area contributed by atoms with Crippen LogP contribution >= 0.6 is 15.9 Å². The van der Waals surface area contributed by atoms with Crippen molar-refractivity contribution in [3.8, 4) is 0 Å². The van der Waals surface area contributed by atoms with E-state index in [0.717, 1.165) is 21.2 Å². The average Bonchev–Trinajstić information content (AvgIpc) is 2.62. The molecule has 0 aromatic heterocycles. The summed E-state index contributed by atoms with van der Waals surface area (Å²) in [6, 6.07) is 17.6. The summed E-state index contributed by atoms with van der Waals surface area (Å²) in [5, 5.41) is 0. The highest BCUT2D eigenvalue weighted by molar-refractivity contribution is 9.10. The van der Waals surface area contributed by atoms with Crippen molar-refractivity contribution in [2.24, 2.45) is 5.92 Å². The van der Waals surface area contributed by atoms with E-state index in [4.69, 9.17) is 4.74 Å². The molecule has 2 atom stereocenters. The van der Waals surface area contributed by atoms with Crippen LogP contribution in [-0.2, 0) is 14.3 Å². The van der Waals surface area contributed by atoms with E-state index in [1.54, 1.807) is 13.0 Å². The summed E-state index contributed by atoms with van der Waals surface area (Å²) in [4.78, 5) is 25.2. The smallest absolute Gasteiger partial charge is 0.317 e. The van der Waals surface area contributed by atoms with Crippen molar-refractivity contribution < 1.29 is 14.3 Å². The second-order valence-electron chi connectivity index (χ2n) is 6.03. The van der Waals surface area contributed by atoms with Gasteiger partial charge in [-0.2, -0.15) is 0 Å². The Labute approximate surface area is 155 Å². The molecule has 2 aromatic rings. The van der Waals surface area contributed by atoms with Gasteiger partial charge in [-0.05, 0) is 48.3 Å². The molecule has 1 aliphatic rings. The lowest BCUT2D eigenvalue weighted by Crippen LogP contribution is -2.34. The molecule has 128 valence electrons. The van der Waals surface area contributed by atoms with Crippen LogP contribution in [0.25, 0.3) is 5.57 Å². The maximum Gasteiger partial charge on any atom is 0.317 e. The first-order valence-corrected chi connectivity index (χ1v) is 9.11. The number of allylic oxidation sites excluding steroid dienone is 2. The quantitative estimate of drug-likeness (QED) is 0.550. The van der Waals surface area contributed by atoms with Crippen LogP contribution in [-0.4, -0.2) is 18.4 Å². The van der Waals surface area contributed by atoms with Gasteiger partial charge in [-0.1, -0.05) is 58.4 Å². The third kappa shape index (κ3) is 3.90. The van der Waals surface area contributed by atoms with Crippen LogP contribution < -0.4 is 0 Å². The van der Waals surface area contributed by atoms with Crippen molar-refractivity contribution in [2.75, 3.05) is 6.61 Å². The Kier molecular flexibility index (Phi) is 5.49. The van der Waals surface area contributed by atoms with Gasteiger partial charge in [-0.25, -0.2) is 0 Å². The molecule has 0 spiro atoms. The van der Waals surface area contributed by atoms with Crippen molar-refractivity contribution >= 4 is 33.3 Å². The standard InChI is InChI=1S/C21H19BrO3/c1-2-25-21(24)20-18(15-6-4-3-5-7-15)12-16(13-19(20)23)14-8-10-17(22)11-9-14/h3-11,13,18,20H,2,12H2,1H3. The number of rotatable bonds is 4. The molecule has 0 bridgehead atoms. The zero-order valence-corrected chi connectivity index (χ0v) is 15.5. The van der Waals surface area contributed by atoms with E-state index < -0.39 is 11.9 Å². The number of carbonyl (C=O) groups is 2. The molecule has 0 saturated heterocycles. The van der Waals surface area contributed by atoms with Gasteiger partial charge in [0.2, 0.25) is 0 Å². The van der Waals surface area contributed by atoms with E-state index in [1.165, 1.54) is 0 Å². The van der Waals surface area contributed by atoms with E-state index >= 15 is 0 Å². The summed E-state index contributed by atoms with van der Waals surface area (Å²) in [6.07, 6.45) is 2.23. The Hall–Kier alpha value is -2.20. The number of hydrogen-bond donors (Lipinski definition) is 0. The maximum atomic E-state index is 12.8. The minimum atomic E-state index is -0.776. The van der Waals surface area contributed by atoms with Gasteiger partial charge in [0.25, 0.3) is 0 Å². The lowest BCUT2D eigenvalue weighted by Gasteiger charge is -2.29. The molecule has 0 radical (unpaired) electrons. The minimum Gasteiger partial charge on any atom is -0.465 e. The van der Waals surface area contributed by atoms with Crippen LogP contribution in [0.3, 0.4) is 0 Å². The Morgan fingerprint density at radius 2 is 1.80 bits per heavy atom. The highest BCUT2D eigenvalue weighted by Gasteiger charge is 2.39. The lowest BCUT2D eigenvalue weighted by molar-refractivity contribution is -0.151. The number of ether oxygens (including phenoxy) is 1. The van der Waals surface area contributed by atoms with Crippen LogP contribution in [0.5, 0.6) is 0 Å². The number of carbonyl (C=O) groups excluding carboxylic acids is 2. The molecule has 4 heteroatoms. The van der Waals surface area contributed by atoms with Gasteiger partial charge < -0.3 is 4.74 Å². The van der Waals surface area contributed by atoms with Crippen molar-refractivity contribution in [1.82, 2.24) is 0 Å². The molecule has 1 aliphatic carbocycles. The molecule has 25 heavy (non-hydrogen) atoms. The van der Waals surface area contributed by atoms with Gasteiger partial charge in [0, 0.05) is 10.4 Å². The second-order valence-corrected chi connectivity index (χ2v) is 6.95. The molecule has 2 unspecified atom stereocenters. The molecule has 2 aromatic carbocycles. The summed E-state index contributed by atoms with van der Waals surface area (Å²) in [6.45, 7) is 2.03. The van der Waals surface area contributed by atoms with Crippen molar-refractivity contribution in [1.29, 1.82) is 0 Å². The van der Waals surface area contributed by atoms with E-state index in [0.29, 0.717) is 6.42 Å². The molecule has 3 rings (SSSR count). The minimum absolute atomic E-state index is 0.184. The van der Waals surface area contributed by atoms with Crippen LogP contribution in [0.15, 0.2) is 65.1 Å². The first-order chi connectivity index (χ1) is 12.1. The molecule has 3 nitrogen and oxygen atoms in total. The molecule has 0 amide bonds. The summed E-state index contributed by atoms with van der Waals surface area (Å²) < 4.78 is 6.15. The van der Waals surface area contributed by atoms with Gasteiger partial charge in [0.15, 0.2) is 5.78 Å². The topological polar surface area (TPSA) is 43.4 Å². The second kappa shape index (κ2) is 7.79. The predicted molar refractivity (Wildman–Crippen MR) is 101 cm³/mol. The van der Waals surface area contributed by atoms with Gasteiger partial charge in [-0.15, -0.1) is 0 Å². The highest BCUT2D eigenvalue weighted by Crippen LogP contribution is 2.40. The summed E-state index contributed by atoms with van der Waals surface area (Å²) in [5.74, 6) is -1.61. The average molecular weight is 399 g/mol. The van der Waals surface area contributed by atoms with Gasteiger partial charge in [0.05, 0.1) is 6.61 Å². The normalized spacial score (nSPS) is 20.1. The van der Waals surface area contributed by atoms with Crippen LogP contribution in [0.4, 0.5) is 0 Å². The number of esters is 1. The Morgan fingerprint density at radius 3 is 2.44 bits per heavy atom. The van der Waals surface area contributed by atoms with Crippen LogP contribution in [0.1, 0.15) is 30.4 Å². The first kappa shape index (κ1) is 17.6. The third-order valence-corrected chi connectivity index (χ3v) is 4.98. The van der Waals surface area contributed by atoms with E-state index in [1.807, 2.05) is 54.6 Å². The zero-order valence-electron chi connectivity index (χ0n) is 13.9. The summed E-state index contributed by atoms with van der Waals surface area (Å²) in [5.41, 5.74) is 2.93. The predicted octanol–water partition coefficient (Wildman–Crippen LogP) is 4.77. The fourth-order valence-corrected chi connectivity index (χ4v) is 3.53. The number of ketones is 1. The SMILES string of the molecule is CCOC(=O)C1C(=O)C=C(c2ccc(Br)cc2)CC1c1ccccc1. The van der Waals surface area contributed by atoms with E-state index in [9.17, 15) is 9.59 Å². The maximum absolute atomic E-state index is 12.8. The first-order valence-electron chi connectivity index (χ1n) is 8.32. The zero-order chi connectivity index (χ0) is 17.8. The summed E-state index contributed by atoms with van der Waals surface area (Å²) in [7, 11) is 0. The highest BCUT2D eigenvalue weighted by atomic mass is 79.9. The van der Waals surface area contributed by atoms with E-state index in [2.05, 4.69) is 15.9 Å². The van der Waals surface area contributed by atoms with Crippen molar-refractivity contribution in [3.63, 3.8) is 0 Å². The van der Waals surface area contributed by atoms with E-state index in [-0.39, 0.29) is 18.3 Å². The molecule has 0 heterocycles. The Balaban J connectivity index is 2.00. The van der Waals surface area contributed by atoms with Crippen molar-refractivity contribution in [2.45, 2.75) is 19.3 Å².